The average Bonchev–Trinajstić information content (AvgIpc) is 3.01. The van der Waals surface area contributed by atoms with Crippen molar-refractivity contribution in [3.05, 3.63) is 12.2 Å². The number of carbonyl (C=O) groups excluding carboxylic acids is 3. The van der Waals surface area contributed by atoms with Gasteiger partial charge in [-0.2, -0.15) is 0 Å². The maximum Gasteiger partial charge on any atom is 0.302 e. The Morgan fingerprint density at radius 3 is 2.43 bits per heavy atom. The zero-order valence-electron chi connectivity index (χ0n) is 23.4. The highest BCUT2D eigenvalue weighted by Gasteiger charge is 2.73. The van der Waals surface area contributed by atoms with Gasteiger partial charge in [0.25, 0.3) is 0 Å². The van der Waals surface area contributed by atoms with E-state index in [2.05, 4.69) is 47.6 Å². The Balaban J connectivity index is 1.76. The van der Waals surface area contributed by atoms with Crippen LogP contribution in [-0.2, 0) is 19.1 Å². The van der Waals surface area contributed by atoms with Gasteiger partial charge < -0.3 is 4.74 Å². The van der Waals surface area contributed by atoms with E-state index in [4.69, 9.17) is 4.74 Å². The summed E-state index contributed by atoms with van der Waals surface area (Å²) < 4.78 is 6.17. The molecular formula is C31H48O4. The van der Waals surface area contributed by atoms with E-state index in [9.17, 15) is 14.4 Å². The molecule has 0 aromatic heterocycles. The van der Waals surface area contributed by atoms with Crippen LogP contribution < -0.4 is 0 Å². The molecule has 4 nitrogen and oxygen atoms in total. The Labute approximate surface area is 213 Å². The number of allylic oxidation sites excluding steroid dienone is 2. The van der Waals surface area contributed by atoms with Crippen molar-refractivity contribution < 1.29 is 19.1 Å². The molecule has 0 radical (unpaired) electrons. The Morgan fingerprint density at radius 1 is 1.11 bits per heavy atom. The van der Waals surface area contributed by atoms with Crippen molar-refractivity contribution >= 4 is 17.5 Å². The van der Waals surface area contributed by atoms with Gasteiger partial charge in [-0.05, 0) is 65.8 Å². The Kier molecular flexibility index (Phi) is 6.95. The van der Waals surface area contributed by atoms with Gasteiger partial charge in [-0.3, -0.25) is 14.4 Å². The summed E-state index contributed by atoms with van der Waals surface area (Å²) >= 11 is 0. The highest BCUT2D eigenvalue weighted by atomic mass is 16.5. The number of hydrogen-bond donors (Lipinski definition) is 0. The molecule has 0 aromatic carbocycles. The molecule has 0 aromatic rings. The van der Waals surface area contributed by atoms with E-state index in [1.54, 1.807) is 6.08 Å². The Hall–Kier alpha value is -1.45. The number of Topliss-reactive ketones (excluding diaryl/α,β-unsaturated/α-hetero) is 1. The predicted molar refractivity (Wildman–Crippen MR) is 138 cm³/mol. The first kappa shape index (κ1) is 26.6. The minimum Gasteiger partial charge on any atom is -0.462 e. The molecule has 0 spiro atoms. The summed E-state index contributed by atoms with van der Waals surface area (Å²) in [5, 5.41) is 0. The van der Waals surface area contributed by atoms with E-state index in [1.165, 1.54) is 26.2 Å². The molecule has 0 amide bonds. The molecular weight excluding hydrogens is 436 g/mol. The number of fused-ring (bicyclic) bond motifs is 5. The predicted octanol–water partition coefficient (Wildman–Crippen LogP) is 6.81. The quantitative estimate of drug-likeness (QED) is 0.389. The number of hydrogen-bond acceptors (Lipinski definition) is 4. The summed E-state index contributed by atoms with van der Waals surface area (Å²) in [6.45, 7) is 17.5. The fraction of sp³-hybridized carbons (Fsp3) is 0.839. The van der Waals surface area contributed by atoms with Crippen LogP contribution in [0.25, 0.3) is 0 Å². The lowest BCUT2D eigenvalue weighted by Crippen LogP contribution is -2.68. The lowest BCUT2D eigenvalue weighted by Gasteiger charge is -2.66. The maximum atomic E-state index is 14.1. The first-order chi connectivity index (χ1) is 16.3. The van der Waals surface area contributed by atoms with Crippen molar-refractivity contribution in [3.63, 3.8) is 0 Å². The minimum atomic E-state index is -0.485. The van der Waals surface area contributed by atoms with E-state index in [0.29, 0.717) is 24.0 Å². The second kappa shape index (κ2) is 9.14. The van der Waals surface area contributed by atoms with Gasteiger partial charge in [-0.25, -0.2) is 0 Å². The van der Waals surface area contributed by atoms with Crippen molar-refractivity contribution in [2.24, 2.45) is 57.7 Å². The van der Waals surface area contributed by atoms with Gasteiger partial charge in [-0.15, -0.1) is 0 Å². The van der Waals surface area contributed by atoms with Gasteiger partial charge in [-0.1, -0.05) is 73.8 Å². The van der Waals surface area contributed by atoms with E-state index in [0.717, 1.165) is 25.2 Å². The van der Waals surface area contributed by atoms with Crippen LogP contribution in [0.2, 0.25) is 0 Å². The number of carbonyl (C=O) groups is 3. The average molecular weight is 485 g/mol. The molecule has 0 unspecified atom stereocenters. The summed E-state index contributed by atoms with van der Waals surface area (Å²) in [6, 6.07) is 0. The molecule has 0 saturated heterocycles. The molecule has 10 atom stereocenters. The largest absolute Gasteiger partial charge is 0.462 e. The SMILES string of the molecule is CC(=O)O[C@H]1C[C@]2(C)[C@@H]([C@H](C)CCCC(C)C)CC[C@@]2(C)[C@@H]2C(=O)C[C@H]3[C@H](C)C(=O)C=C[C@@H]3[C@]12C. The number of rotatable bonds is 6. The molecule has 0 bridgehead atoms. The van der Waals surface area contributed by atoms with E-state index >= 15 is 0 Å². The van der Waals surface area contributed by atoms with Crippen LogP contribution in [0.3, 0.4) is 0 Å². The first-order valence-electron chi connectivity index (χ1n) is 14.2. The standard InChI is InChI=1S/C31H48O4/c1-18(2)10-9-11-19(3)23-14-15-29(6)28-26(34)16-22-20(4)25(33)13-12-24(22)31(28,8)27(35-21(5)32)17-30(23,29)7/h12-13,18-20,22-24,27-28H,9-11,14-17H2,1-8H3/t19-,20+,22+,23-,24+,27+,28+,29+,30-,31-/m1/s1. The smallest absolute Gasteiger partial charge is 0.302 e. The maximum absolute atomic E-state index is 14.1. The summed E-state index contributed by atoms with van der Waals surface area (Å²) in [5.74, 6) is 1.74. The van der Waals surface area contributed by atoms with Gasteiger partial charge in [0.05, 0.1) is 0 Å². The Bertz CT molecular complexity index is 904. The zero-order chi connectivity index (χ0) is 25.9. The summed E-state index contributed by atoms with van der Waals surface area (Å²) in [6.07, 6.45) is 10.7. The summed E-state index contributed by atoms with van der Waals surface area (Å²) in [5.41, 5.74) is -0.673. The number of esters is 1. The second-order valence-electron chi connectivity index (χ2n) is 13.8. The van der Waals surface area contributed by atoms with Crippen molar-refractivity contribution in [1.29, 1.82) is 0 Å². The van der Waals surface area contributed by atoms with Crippen LogP contribution in [-0.4, -0.2) is 23.6 Å². The third-order valence-corrected chi connectivity index (χ3v) is 11.6. The van der Waals surface area contributed by atoms with Crippen molar-refractivity contribution in [2.75, 3.05) is 0 Å². The van der Waals surface area contributed by atoms with Crippen molar-refractivity contribution in [3.8, 4) is 0 Å². The van der Waals surface area contributed by atoms with E-state index in [-0.39, 0.29) is 52.4 Å². The molecule has 4 heteroatoms. The lowest BCUT2D eigenvalue weighted by atomic mass is 9.37. The number of ketones is 2. The van der Waals surface area contributed by atoms with Crippen LogP contribution in [0.1, 0.15) is 100 Å². The fourth-order valence-corrected chi connectivity index (χ4v) is 9.60. The van der Waals surface area contributed by atoms with Crippen molar-refractivity contribution in [1.82, 2.24) is 0 Å². The first-order valence-corrected chi connectivity index (χ1v) is 14.2. The summed E-state index contributed by atoms with van der Waals surface area (Å²) in [4.78, 5) is 39.1. The third kappa shape index (κ3) is 3.96. The molecule has 0 heterocycles. The molecule has 3 saturated carbocycles. The Morgan fingerprint density at radius 2 is 1.80 bits per heavy atom. The molecule has 196 valence electrons. The fourth-order valence-electron chi connectivity index (χ4n) is 9.60. The van der Waals surface area contributed by atoms with Crippen LogP contribution in [0.4, 0.5) is 0 Å². The van der Waals surface area contributed by atoms with Crippen LogP contribution in [0.15, 0.2) is 12.2 Å². The third-order valence-electron chi connectivity index (χ3n) is 11.6. The van der Waals surface area contributed by atoms with Crippen LogP contribution in [0, 0.1) is 57.7 Å². The molecule has 0 aliphatic heterocycles. The van der Waals surface area contributed by atoms with E-state index < -0.39 is 5.41 Å². The molecule has 0 N–H and O–H groups in total. The highest BCUT2D eigenvalue weighted by molar-refractivity contribution is 5.94. The van der Waals surface area contributed by atoms with Crippen LogP contribution >= 0.6 is 0 Å². The number of ether oxygens (including phenoxy) is 1. The van der Waals surface area contributed by atoms with Gasteiger partial charge in [0.1, 0.15) is 11.9 Å². The van der Waals surface area contributed by atoms with Gasteiger partial charge in [0.15, 0.2) is 5.78 Å². The van der Waals surface area contributed by atoms with Gasteiger partial charge in [0, 0.05) is 30.6 Å². The second-order valence-corrected chi connectivity index (χ2v) is 13.8. The topological polar surface area (TPSA) is 60.4 Å². The molecule has 3 fully saturated rings. The highest BCUT2D eigenvalue weighted by Crippen LogP contribution is 2.74. The minimum absolute atomic E-state index is 0.000536. The molecule has 4 aliphatic carbocycles. The van der Waals surface area contributed by atoms with Crippen molar-refractivity contribution in [2.45, 2.75) is 106 Å². The zero-order valence-corrected chi connectivity index (χ0v) is 23.4. The molecule has 4 aliphatic rings. The monoisotopic (exact) mass is 484 g/mol. The van der Waals surface area contributed by atoms with Gasteiger partial charge >= 0.3 is 5.97 Å². The molecule has 4 rings (SSSR count). The normalized spacial score (nSPS) is 45.6. The van der Waals surface area contributed by atoms with E-state index in [1.807, 2.05) is 6.92 Å². The summed E-state index contributed by atoms with van der Waals surface area (Å²) in [7, 11) is 0. The van der Waals surface area contributed by atoms with Gasteiger partial charge in [0.2, 0.25) is 0 Å². The van der Waals surface area contributed by atoms with Crippen LogP contribution in [0.5, 0.6) is 0 Å². The molecule has 35 heavy (non-hydrogen) atoms. The lowest BCUT2D eigenvalue weighted by molar-refractivity contribution is -0.224.